The number of aromatic hydroxyl groups is 1. The van der Waals surface area contributed by atoms with Crippen LogP contribution in [0.2, 0.25) is 5.02 Å². The Balaban J connectivity index is 2.56. The molecule has 5 heteroatoms. The van der Waals surface area contributed by atoms with Gasteiger partial charge in [0.15, 0.2) is 0 Å². The van der Waals surface area contributed by atoms with Gasteiger partial charge in [0.25, 0.3) is 0 Å². The van der Waals surface area contributed by atoms with Crippen LogP contribution in [0.5, 0.6) is 5.75 Å². The number of rotatable bonds is 1. The second kappa shape index (κ2) is 4.53. The van der Waals surface area contributed by atoms with Gasteiger partial charge in [-0.2, -0.15) is 13.2 Å². The molecule has 0 aromatic heterocycles. The molecule has 0 radical (unpaired) electrons. The summed E-state index contributed by atoms with van der Waals surface area (Å²) in [6.07, 6.45) is -4.48. The van der Waals surface area contributed by atoms with E-state index in [1.807, 2.05) is 0 Å². The normalized spacial score (nSPS) is 11.6. The van der Waals surface area contributed by atoms with Crippen molar-refractivity contribution in [3.63, 3.8) is 0 Å². The molecule has 0 atom stereocenters. The predicted octanol–water partition coefficient (Wildman–Crippen LogP) is 4.73. The fourth-order valence-electron chi connectivity index (χ4n) is 1.61. The minimum atomic E-state index is -4.48. The van der Waals surface area contributed by atoms with Gasteiger partial charge in [-0.15, -0.1) is 0 Å². The van der Waals surface area contributed by atoms with Crippen LogP contribution in [0.4, 0.5) is 13.2 Å². The molecule has 0 amide bonds. The smallest absolute Gasteiger partial charge is 0.417 e. The summed E-state index contributed by atoms with van der Waals surface area (Å²) in [5.41, 5.74) is -0.0647. The van der Waals surface area contributed by atoms with Gasteiger partial charge < -0.3 is 5.11 Å². The molecule has 0 heterocycles. The second-order valence-electron chi connectivity index (χ2n) is 3.71. The Morgan fingerprint density at radius 2 is 1.56 bits per heavy atom. The molecule has 0 spiro atoms. The van der Waals surface area contributed by atoms with Gasteiger partial charge in [-0.05, 0) is 23.8 Å². The average molecular weight is 273 g/mol. The van der Waals surface area contributed by atoms with E-state index >= 15 is 0 Å². The van der Waals surface area contributed by atoms with E-state index in [1.54, 1.807) is 0 Å². The Bertz CT molecular complexity index is 561. The third-order valence-electron chi connectivity index (χ3n) is 2.48. The quantitative estimate of drug-likeness (QED) is 0.795. The topological polar surface area (TPSA) is 20.2 Å². The summed E-state index contributed by atoms with van der Waals surface area (Å²) >= 11 is 5.79. The lowest BCUT2D eigenvalue weighted by Crippen LogP contribution is -2.06. The zero-order valence-corrected chi connectivity index (χ0v) is 9.76. The van der Waals surface area contributed by atoms with Crippen molar-refractivity contribution in [2.75, 3.05) is 0 Å². The summed E-state index contributed by atoms with van der Waals surface area (Å²) in [6.45, 7) is 0. The van der Waals surface area contributed by atoms with Crippen LogP contribution in [0.3, 0.4) is 0 Å². The highest BCUT2D eigenvalue weighted by atomic mass is 35.5. The number of phenols is 1. The van der Waals surface area contributed by atoms with Crippen molar-refractivity contribution in [1.29, 1.82) is 0 Å². The minimum Gasteiger partial charge on any atom is -0.508 e. The highest BCUT2D eigenvalue weighted by Crippen LogP contribution is 2.39. The molecule has 0 aliphatic carbocycles. The molecule has 2 aromatic rings. The molecule has 1 nitrogen and oxygen atoms in total. The van der Waals surface area contributed by atoms with Crippen LogP contribution in [0.1, 0.15) is 5.56 Å². The standard InChI is InChI=1S/C13H8ClF3O/c14-12-10(8-4-6-9(18)7-5-8)2-1-3-11(12)13(15,16)17/h1-7,18H. The number of hydrogen-bond acceptors (Lipinski definition) is 1. The first-order valence-corrected chi connectivity index (χ1v) is 5.42. The van der Waals surface area contributed by atoms with Crippen LogP contribution in [0, 0.1) is 0 Å². The van der Waals surface area contributed by atoms with Crippen molar-refractivity contribution in [2.24, 2.45) is 0 Å². The van der Waals surface area contributed by atoms with E-state index in [0.29, 0.717) is 5.56 Å². The van der Waals surface area contributed by atoms with E-state index in [9.17, 15) is 13.2 Å². The van der Waals surface area contributed by atoms with E-state index in [1.165, 1.54) is 36.4 Å². The first-order valence-electron chi connectivity index (χ1n) is 5.04. The van der Waals surface area contributed by atoms with Gasteiger partial charge in [0, 0.05) is 5.56 Å². The van der Waals surface area contributed by atoms with E-state index in [0.717, 1.165) is 6.07 Å². The van der Waals surface area contributed by atoms with Gasteiger partial charge in [-0.25, -0.2) is 0 Å². The predicted molar refractivity (Wildman–Crippen MR) is 63.6 cm³/mol. The first kappa shape index (κ1) is 12.8. The molecule has 0 saturated heterocycles. The van der Waals surface area contributed by atoms with Gasteiger partial charge in [-0.1, -0.05) is 35.9 Å². The van der Waals surface area contributed by atoms with Crippen LogP contribution >= 0.6 is 11.6 Å². The maximum Gasteiger partial charge on any atom is 0.417 e. The van der Waals surface area contributed by atoms with E-state index in [2.05, 4.69) is 0 Å². The third kappa shape index (κ3) is 2.43. The molecule has 0 aliphatic rings. The third-order valence-corrected chi connectivity index (χ3v) is 2.89. The highest BCUT2D eigenvalue weighted by Gasteiger charge is 2.33. The van der Waals surface area contributed by atoms with Gasteiger partial charge in [0.2, 0.25) is 0 Å². The van der Waals surface area contributed by atoms with Gasteiger partial charge in [0.05, 0.1) is 10.6 Å². The monoisotopic (exact) mass is 272 g/mol. The molecule has 0 unspecified atom stereocenters. The number of halogens is 4. The van der Waals surface area contributed by atoms with Crippen LogP contribution in [-0.2, 0) is 6.18 Å². The lowest BCUT2D eigenvalue weighted by molar-refractivity contribution is -0.137. The molecule has 2 rings (SSSR count). The van der Waals surface area contributed by atoms with Crippen LogP contribution in [0.25, 0.3) is 11.1 Å². The van der Waals surface area contributed by atoms with Crippen molar-refractivity contribution in [2.45, 2.75) is 6.18 Å². The minimum absolute atomic E-state index is 0.0434. The maximum absolute atomic E-state index is 12.7. The van der Waals surface area contributed by atoms with E-state index < -0.39 is 11.7 Å². The Kier molecular flexibility index (Phi) is 3.22. The molecule has 0 fully saturated rings. The molecule has 1 N–H and O–H groups in total. The number of benzene rings is 2. The average Bonchev–Trinajstić information content (AvgIpc) is 2.29. The Labute approximate surface area is 106 Å². The summed E-state index contributed by atoms with van der Waals surface area (Å²) < 4.78 is 38.1. The summed E-state index contributed by atoms with van der Waals surface area (Å²) in [6, 6.07) is 9.55. The lowest BCUT2D eigenvalue weighted by atomic mass is 10.0. The SMILES string of the molecule is Oc1ccc(-c2cccc(C(F)(F)F)c2Cl)cc1. The first-order chi connectivity index (χ1) is 8.39. The Morgan fingerprint density at radius 1 is 0.944 bits per heavy atom. The largest absolute Gasteiger partial charge is 0.508 e. The van der Waals surface area contributed by atoms with Gasteiger partial charge >= 0.3 is 6.18 Å². The van der Waals surface area contributed by atoms with Crippen molar-refractivity contribution in [1.82, 2.24) is 0 Å². The van der Waals surface area contributed by atoms with Crippen molar-refractivity contribution in [3.8, 4) is 16.9 Å². The molecule has 0 bridgehead atoms. The fourth-order valence-corrected chi connectivity index (χ4v) is 1.96. The summed E-state index contributed by atoms with van der Waals surface area (Å²) in [5.74, 6) is 0.0434. The molecule has 2 aromatic carbocycles. The summed E-state index contributed by atoms with van der Waals surface area (Å²) in [4.78, 5) is 0. The van der Waals surface area contributed by atoms with Gasteiger partial charge in [-0.3, -0.25) is 0 Å². The van der Waals surface area contributed by atoms with Crippen molar-refractivity contribution < 1.29 is 18.3 Å². The molecule has 0 aliphatic heterocycles. The van der Waals surface area contributed by atoms with Crippen molar-refractivity contribution in [3.05, 3.63) is 53.1 Å². The molecular formula is C13H8ClF3O. The van der Waals surface area contributed by atoms with Crippen LogP contribution in [-0.4, -0.2) is 5.11 Å². The molecular weight excluding hydrogens is 265 g/mol. The highest BCUT2D eigenvalue weighted by molar-refractivity contribution is 6.34. The van der Waals surface area contributed by atoms with Gasteiger partial charge in [0.1, 0.15) is 5.75 Å². The second-order valence-corrected chi connectivity index (χ2v) is 4.09. The molecule has 18 heavy (non-hydrogen) atoms. The lowest BCUT2D eigenvalue weighted by Gasteiger charge is -2.12. The maximum atomic E-state index is 12.7. The van der Waals surface area contributed by atoms with E-state index in [-0.39, 0.29) is 16.3 Å². The molecule has 94 valence electrons. The number of hydrogen-bond donors (Lipinski definition) is 1. The Morgan fingerprint density at radius 3 is 2.11 bits per heavy atom. The number of phenolic OH excluding ortho intramolecular Hbond substituents is 1. The van der Waals surface area contributed by atoms with Crippen LogP contribution in [0.15, 0.2) is 42.5 Å². The molecule has 0 saturated carbocycles. The summed E-state index contributed by atoms with van der Waals surface area (Å²) in [5, 5.41) is 8.81. The van der Waals surface area contributed by atoms with Crippen molar-refractivity contribution >= 4 is 11.6 Å². The summed E-state index contributed by atoms with van der Waals surface area (Å²) in [7, 11) is 0. The Hall–Kier alpha value is -1.68. The zero-order valence-electron chi connectivity index (χ0n) is 9.00. The van der Waals surface area contributed by atoms with Crippen LogP contribution < -0.4 is 0 Å². The zero-order chi connectivity index (χ0) is 13.3. The van der Waals surface area contributed by atoms with E-state index in [4.69, 9.17) is 16.7 Å². The number of alkyl halides is 3. The fraction of sp³-hybridized carbons (Fsp3) is 0.0769.